The minimum absolute atomic E-state index is 0.0118. The highest BCUT2D eigenvalue weighted by atomic mass is 16.5. The summed E-state index contributed by atoms with van der Waals surface area (Å²) in [5.74, 6) is -0.841. The Hall–Kier alpha value is -1.78. The number of carboxylic acids is 1. The fourth-order valence-corrected chi connectivity index (χ4v) is 1.58. The normalized spacial score (nSPS) is 22.8. The molecule has 0 aromatic rings. The van der Waals surface area contributed by atoms with Gasteiger partial charge < -0.3 is 15.2 Å². The summed E-state index contributed by atoms with van der Waals surface area (Å²) < 4.78 is 4.75. The summed E-state index contributed by atoms with van der Waals surface area (Å²) in [6.45, 7) is 3.59. The number of hydrogen-bond acceptors (Lipinski definition) is 3. The van der Waals surface area contributed by atoms with Crippen LogP contribution in [0.3, 0.4) is 0 Å². The molecule has 1 rings (SSSR count). The van der Waals surface area contributed by atoms with E-state index in [0.29, 0.717) is 6.42 Å². The maximum absolute atomic E-state index is 11.2. The first-order valence-electron chi connectivity index (χ1n) is 5.06. The Labute approximate surface area is 93.8 Å². The van der Waals surface area contributed by atoms with Crippen molar-refractivity contribution in [2.45, 2.75) is 18.9 Å². The van der Waals surface area contributed by atoms with Crippen LogP contribution < -0.4 is 5.32 Å². The number of carbonyl (C=O) groups is 2. The lowest BCUT2D eigenvalue weighted by Crippen LogP contribution is -2.33. The van der Waals surface area contributed by atoms with E-state index in [0.717, 1.165) is 0 Å². The maximum Gasteiger partial charge on any atom is 0.407 e. The highest BCUT2D eigenvalue weighted by Crippen LogP contribution is 2.21. The van der Waals surface area contributed by atoms with E-state index in [-0.39, 0.29) is 25.0 Å². The van der Waals surface area contributed by atoms with Crippen LogP contribution in [-0.4, -0.2) is 29.8 Å². The second kappa shape index (κ2) is 5.95. The number of allylic oxidation sites excluding steroid dienone is 1. The number of aliphatic carboxylic acids is 1. The molecule has 16 heavy (non-hydrogen) atoms. The van der Waals surface area contributed by atoms with E-state index in [9.17, 15) is 9.59 Å². The molecule has 0 bridgehead atoms. The van der Waals surface area contributed by atoms with Crippen molar-refractivity contribution in [1.29, 1.82) is 0 Å². The molecule has 0 aliphatic heterocycles. The van der Waals surface area contributed by atoms with E-state index < -0.39 is 12.1 Å². The minimum Gasteiger partial charge on any atom is -0.481 e. The molecule has 5 heteroatoms. The van der Waals surface area contributed by atoms with Gasteiger partial charge in [0.25, 0.3) is 0 Å². The largest absolute Gasteiger partial charge is 0.481 e. The number of carbonyl (C=O) groups excluding carboxylic acids is 1. The monoisotopic (exact) mass is 225 g/mol. The number of carboxylic acid groups (broad SMARTS) is 1. The van der Waals surface area contributed by atoms with Gasteiger partial charge in [-0.05, 0) is 12.3 Å². The zero-order valence-electron chi connectivity index (χ0n) is 8.89. The van der Waals surface area contributed by atoms with Gasteiger partial charge in [0.15, 0.2) is 0 Å². The Kier molecular flexibility index (Phi) is 4.57. The Morgan fingerprint density at radius 3 is 2.94 bits per heavy atom. The Morgan fingerprint density at radius 1 is 1.56 bits per heavy atom. The van der Waals surface area contributed by atoms with Gasteiger partial charge in [-0.2, -0.15) is 0 Å². The lowest BCUT2D eigenvalue weighted by atomic mass is 10.0. The second-order valence-corrected chi connectivity index (χ2v) is 3.62. The fourth-order valence-electron chi connectivity index (χ4n) is 1.58. The molecule has 0 saturated carbocycles. The molecular weight excluding hydrogens is 210 g/mol. The van der Waals surface area contributed by atoms with Gasteiger partial charge in [-0.1, -0.05) is 24.8 Å². The van der Waals surface area contributed by atoms with Crippen molar-refractivity contribution in [2.24, 2.45) is 5.92 Å². The van der Waals surface area contributed by atoms with Gasteiger partial charge in [-0.15, -0.1) is 0 Å². The van der Waals surface area contributed by atoms with Gasteiger partial charge in [0.2, 0.25) is 0 Å². The molecule has 0 unspecified atom stereocenters. The van der Waals surface area contributed by atoms with Crippen LogP contribution in [0.25, 0.3) is 0 Å². The summed E-state index contributed by atoms with van der Waals surface area (Å²) in [6.07, 6.45) is 5.28. The van der Waals surface area contributed by atoms with E-state index >= 15 is 0 Å². The number of alkyl carbamates (subject to hydrolysis) is 1. The van der Waals surface area contributed by atoms with Crippen molar-refractivity contribution < 1.29 is 19.4 Å². The number of hydrogen-bond donors (Lipinski definition) is 2. The summed E-state index contributed by atoms with van der Waals surface area (Å²) in [5.41, 5.74) is 0. The van der Waals surface area contributed by atoms with Crippen LogP contribution in [0.4, 0.5) is 4.79 Å². The highest BCUT2D eigenvalue weighted by Gasteiger charge is 2.22. The average Bonchev–Trinajstić information content (AvgIpc) is 2.61. The van der Waals surface area contributed by atoms with Crippen LogP contribution in [0.2, 0.25) is 0 Å². The van der Waals surface area contributed by atoms with Crippen molar-refractivity contribution >= 4 is 12.1 Å². The predicted octanol–water partition coefficient (Wildman–Crippen LogP) is 1.32. The zero-order valence-corrected chi connectivity index (χ0v) is 8.89. The lowest BCUT2D eigenvalue weighted by molar-refractivity contribution is -0.137. The quantitative estimate of drug-likeness (QED) is 0.692. The first-order chi connectivity index (χ1) is 7.61. The molecule has 1 aliphatic carbocycles. The molecule has 88 valence electrons. The summed E-state index contributed by atoms with van der Waals surface area (Å²) in [7, 11) is 0. The van der Waals surface area contributed by atoms with E-state index in [1.165, 1.54) is 6.08 Å². The van der Waals surface area contributed by atoms with E-state index in [4.69, 9.17) is 9.84 Å². The molecule has 5 nitrogen and oxygen atoms in total. The third-order valence-corrected chi connectivity index (χ3v) is 2.24. The second-order valence-electron chi connectivity index (χ2n) is 3.62. The summed E-state index contributed by atoms with van der Waals surface area (Å²) in [5, 5.41) is 11.2. The molecule has 0 saturated heterocycles. The Balaban J connectivity index is 2.26. The topological polar surface area (TPSA) is 75.6 Å². The van der Waals surface area contributed by atoms with Gasteiger partial charge in [0, 0.05) is 0 Å². The highest BCUT2D eigenvalue weighted by molar-refractivity contribution is 5.69. The smallest absolute Gasteiger partial charge is 0.407 e. The molecular formula is C11H15NO4. The first kappa shape index (κ1) is 12.3. The van der Waals surface area contributed by atoms with Crippen LogP contribution in [0.5, 0.6) is 0 Å². The van der Waals surface area contributed by atoms with Crippen LogP contribution in [0, 0.1) is 5.92 Å². The molecule has 2 atom stereocenters. The van der Waals surface area contributed by atoms with Crippen LogP contribution in [0.15, 0.2) is 24.8 Å². The van der Waals surface area contributed by atoms with Gasteiger partial charge in [-0.3, -0.25) is 4.79 Å². The molecule has 0 heterocycles. The van der Waals surface area contributed by atoms with Crippen molar-refractivity contribution in [1.82, 2.24) is 5.32 Å². The third-order valence-electron chi connectivity index (χ3n) is 2.24. The summed E-state index contributed by atoms with van der Waals surface area (Å²) >= 11 is 0. The molecule has 0 radical (unpaired) electrons. The molecule has 2 N–H and O–H groups in total. The predicted molar refractivity (Wildman–Crippen MR) is 58.0 cm³/mol. The number of rotatable bonds is 5. The van der Waals surface area contributed by atoms with Crippen LogP contribution in [-0.2, 0) is 9.53 Å². The van der Waals surface area contributed by atoms with Crippen molar-refractivity contribution in [2.75, 3.05) is 6.61 Å². The molecule has 0 spiro atoms. The average molecular weight is 225 g/mol. The molecule has 0 fully saturated rings. The van der Waals surface area contributed by atoms with Gasteiger partial charge in [0.1, 0.15) is 6.61 Å². The standard InChI is InChI=1S/C11H15NO4/c1-2-5-16-11(15)12-9-4-3-8(6-9)7-10(13)14/h2-4,8-9H,1,5-7H2,(H,12,15)(H,13,14)/t8-,9+/m0/s1. The Morgan fingerprint density at radius 2 is 2.31 bits per heavy atom. The number of nitrogens with one attached hydrogen (secondary N) is 1. The fraction of sp³-hybridized carbons (Fsp3) is 0.455. The molecule has 1 amide bonds. The molecule has 1 aliphatic rings. The van der Waals surface area contributed by atoms with Crippen LogP contribution >= 0.6 is 0 Å². The van der Waals surface area contributed by atoms with E-state index in [2.05, 4.69) is 11.9 Å². The number of ether oxygens (including phenoxy) is 1. The van der Waals surface area contributed by atoms with Gasteiger partial charge in [0.05, 0.1) is 12.5 Å². The van der Waals surface area contributed by atoms with E-state index in [1.807, 2.05) is 6.08 Å². The first-order valence-corrected chi connectivity index (χ1v) is 5.06. The maximum atomic E-state index is 11.2. The molecule has 0 aromatic carbocycles. The van der Waals surface area contributed by atoms with Gasteiger partial charge in [-0.25, -0.2) is 4.79 Å². The molecule has 0 aromatic heterocycles. The Bertz CT molecular complexity index is 311. The third kappa shape index (κ3) is 4.16. The zero-order chi connectivity index (χ0) is 12.0. The van der Waals surface area contributed by atoms with Crippen molar-refractivity contribution in [3.63, 3.8) is 0 Å². The lowest BCUT2D eigenvalue weighted by Gasteiger charge is -2.12. The summed E-state index contributed by atoms with van der Waals surface area (Å²) in [6, 6.07) is -0.137. The van der Waals surface area contributed by atoms with Crippen molar-refractivity contribution in [3.8, 4) is 0 Å². The SMILES string of the molecule is C=CCOC(=O)N[C@@H]1C=C[C@H](CC(=O)O)C1. The van der Waals surface area contributed by atoms with E-state index in [1.54, 1.807) is 6.08 Å². The number of amides is 1. The summed E-state index contributed by atoms with van der Waals surface area (Å²) in [4.78, 5) is 21.6. The van der Waals surface area contributed by atoms with Gasteiger partial charge >= 0.3 is 12.1 Å². The minimum atomic E-state index is -0.829. The van der Waals surface area contributed by atoms with Crippen LogP contribution in [0.1, 0.15) is 12.8 Å². The van der Waals surface area contributed by atoms with Crippen molar-refractivity contribution in [3.05, 3.63) is 24.8 Å².